The van der Waals surface area contributed by atoms with Crippen LogP contribution in [0.15, 0.2) is 4.99 Å². The Morgan fingerprint density at radius 1 is 1.29 bits per heavy atom. The molecule has 0 aliphatic carbocycles. The fraction of sp³-hybridized carbons (Fsp3) is 0.900. The number of sulfone groups is 1. The molecule has 104 valence electrons. The summed E-state index contributed by atoms with van der Waals surface area (Å²) in [6.45, 7) is 5.70. The maximum absolute atomic E-state index is 10.9. The van der Waals surface area contributed by atoms with Crippen molar-refractivity contribution < 1.29 is 8.42 Å². The Labute approximate surface area is 122 Å². The maximum Gasteiger partial charge on any atom is 0.190 e. The van der Waals surface area contributed by atoms with E-state index in [1.54, 1.807) is 7.05 Å². The second-order valence-electron chi connectivity index (χ2n) is 4.26. The third kappa shape index (κ3) is 13.9. The number of guanidine groups is 1. The van der Waals surface area contributed by atoms with E-state index in [-0.39, 0.29) is 29.7 Å². The molecule has 0 amide bonds. The van der Waals surface area contributed by atoms with Crippen molar-refractivity contribution in [2.45, 2.75) is 20.3 Å². The van der Waals surface area contributed by atoms with E-state index in [9.17, 15) is 8.42 Å². The molecule has 0 unspecified atom stereocenters. The van der Waals surface area contributed by atoms with Gasteiger partial charge in [0, 0.05) is 26.4 Å². The number of halogens is 1. The molecule has 0 rings (SSSR count). The molecule has 0 radical (unpaired) electrons. The van der Waals surface area contributed by atoms with E-state index >= 15 is 0 Å². The number of rotatable bonds is 6. The second-order valence-corrected chi connectivity index (χ2v) is 6.52. The number of nitrogens with one attached hydrogen (secondary N) is 2. The molecule has 0 aliphatic rings. The predicted octanol–water partition coefficient (Wildman–Crippen LogP) is 0.860. The fourth-order valence-corrected chi connectivity index (χ4v) is 1.73. The Morgan fingerprint density at radius 2 is 1.88 bits per heavy atom. The molecule has 5 nitrogen and oxygen atoms in total. The lowest BCUT2D eigenvalue weighted by Crippen LogP contribution is -2.39. The van der Waals surface area contributed by atoms with Gasteiger partial charge in [-0.25, -0.2) is 8.42 Å². The Kier molecular flexibility index (Phi) is 11.3. The van der Waals surface area contributed by atoms with Gasteiger partial charge < -0.3 is 10.6 Å². The largest absolute Gasteiger partial charge is 0.356 e. The molecule has 0 aromatic carbocycles. The van der Waals surface area contributed by atoms with Gasteiger partial charge in [-0.1, -0.05) is 13.8 Å². The first-order chi connectivity index (χ1) is 7.35. The zero-order valence-corrected chi connectivity index (χ0v) is 14.1. The second kappa shape index (κ2) is 9.93. The van der Waals surface area contributed by atoms with Crippen molar-refractivity contribution in [2.75, 3.05) is 32.1 Å². The molecular formula is C10H24IN3O2S. The van der Waals surface area contributed by atoms with Crippen molar-refractivity contribution >= 4 is 39.8 Å². The molecule has 0 fully saturated rings. The Balaban J connectivity index is 0. The molecule has 0 bridgehead atoms. The van der Waals surface area contributed by atoms with Gasteiger partial charge in [-0.15, -0.1) is 24.0 Å². The van der Waals surface area contributed by atoms with Gasteiger partial charge in [-0.2, -0.15) is 0 Å². The SMILES string of the molecule is CN=C(NCCCS(C)(=O)=O)NCC(C)C.I. The summed E-state index contributed by atoms with van der Waals surface area (Å²) in [4.78, 5) is 4.04. The third-order valence-electron chi connectivity index (χ3n) is 1.89. The van der Waals surface area contributed by atoms with Crippen LogP contribution in [-0.4, -0.2) is 46.5 Å². The first kappa shape index (κ1) is 19.3. The molecule has 0 aliphatic heterocycles. The molecule has 0 aromatic heterocycles. The minimum absolute atomic E-state index is 0. The lowest BCUT2D eigenvalue weighted by Gasteiger charge is -2.13. The number of hydrogen-bond acceptors (Lipinski definition) is 3. The van der Waals surface area contributed by atoms with Crippen molar-refractivity contribution in [3.8, 4) is 0 Å². The minimum Gasteiger partial charge on any atom is -0.356 e. The van der Waals surface area contributed by atoms with Gasteiger partial charge in [0.1, 0.15) is 9.84 Å². The predicted molar refractivity (Wildman–Crippen MR) is 83.9 cm³/mol. The van der Waals surface area contributed by atoms with Gasteiger partial charge in [-0.05, 0) is 12.3 Å². The van der Waals surface area contributed by atoms with E-state index in [1.165, 1.54) is 6.26 Å². The number of nitrogens with zero attached hydrogens (tertiary/aromatic N) is 1. The standard InChI is InChI=1S/C10H23N3O2S.HI/c1-9(2)8-13-10(11-3)12-6-5-7-16(4,14)15;/h9H,5-8H2,1-4H3,(H2,11,12,13);1H. The van der Waals surface area contributed by atoms with E-state index in [4.69, 9.17) is 0 Å². The summed E-state index contributed by atoms with van der Waals surface area (Å²) in [5.74, 6) is 1.48. The molecular weight excluding hydrogens is 353 g/mol. The molecule has 17 heavy (non-hydrogen) atoms. The summed E-state index contributed by atoms with van der Waals surface area (Å²) in [6.07, 6.45) is 1.85. The van der Waals surface area contributed by atoms with Gasteiger partial charge in [0.2, 0.25) is 0 Å². The first-order valence-corrected chi connectivity index (χ1v) is 7.53. The summed E-state index contributed by atoms with van der Waals surface area (Å²) < 4.78 is 21.8. The zero-order valence-electron chi connectivity index (χ0n) is 11.0. The average Bonchev–Trinajstić information content (AvgIpc) is 2.15. The van der Waals surface area contributed by atoms with Crippen LogP contribution in [0.2, 0.25) is 0 Å². The van der Waals surface area contributed by atoms with Crippen molar-refractivity contribution in [3.63, 3.8) is 0 Å². The van der Waals surface area contributed by atoms with Gasteiger partial charge in [0.15, 0.2) is 5.96 Å². The van der Waals surface area contributed by atoms with Crippen LogP contribution in [0, 0.1) is 5.92 Å². The smallest absolute Gasteiger partial charge is 0.190 e. The van der Waals surface area contributed by atoms with Crippen LogP contribution in [0.1, 0.15) is 20.3 Å². The van der Waals surface area contributed by atoms with E-state index < -0.39 is 9.84 Å². The third-order valence-corrected chi connectivity index (χ3v) is 2.92. The fourth-order valence-electron chi connectivity index (χ4n) is 1.06. The molecule has 2 N–H and O–H groups in total. The summed E-state index contributed by atoms with van der Waals surface area (Å²) in [5, 5.41) is 6.23. The van der Waals surface area contributed by atoms with E-state index in [1.807, 2.05) is 0 Å². The summed E-state index contributed by atoms with van der Waals surface area (Å²) in [7, 11) is -1.15. The summed E-state index contributed by atoms with van der Waals surface area (Å²) >= 11 is 0. The average molecular weight is 377 g/mol. The molecule has 0 aromatic rings. The van der Waals surface area contributed by atoms with Crippen molar-refractivity contribution in [2.24, 2.45) is 10.9 Å². The van der Waals surface area contributed by atoms with Crippen LogP contribution in [0.3, 0.4) is 0 Å². The van der Waals surface area contributed by atoms with E-state index in [2.05, 4.69) is 29.5 Å². The molecule has 0 saturated heterocycles. The van der Waals surface area contributed by atoms with Crippen LogP contribution in [0.4, 0.5) is 0 Å². The van der Waals surface area contributed by atoms with Gasteiger partial charge >= 0.3 is 0 Å². The molecule has 0 saturated carbocycles. The topological polar surface area (TPSA) is 70.6 Å². The molecule has 7 heteroatoms. The lowest BCUT2D eigenvalue weighted by atomic mass is 10.2. The highest BCUT2D eigenvalue weighted by Crippen LogP contribution is 1.88. The Bertz CT molecular complexity index is 316. The molecule has 0 heterocycles. The van der Waals surface area contributed by atoms with Crippen LogP contribution in [0.25, 0.3) is 0 Å². The highest BCUT2D eigenvalue weighted by atomic mass is 127. The molecule has 0 spiro atoms. The monoisotopic (exact) mass is 377 g/mol. The van der Waals surface area contributed by atoms with Gasteiger partial charge in [-0.3, -0.25) is 4.99 Å². The van der Waals surface area contributed by atoms with Gasteiger partial charge in [0.25, 0.3) is 0 Å². The summed E-state index contributed by atoms with van der Waals surface area (Å²) in [5.41, 5.74) is 0. The van der Waals surface area contributed by atoms with Crippen molar-refractivity contribution in [3.05, 3.63) is 0 Å². The van der Waals surface area contributed by atoms with Crippen LogP contribution in [0.5, 0.6) is 0 Å². The minimum atomic E-state index is -2.85. The number of hydrogen-bond donors (Lipinski definition) is 2. The highest BCUT2D eigenvalue weighted by molar-refractivity contribution is 14.0. The lowest BCUT2D eigenvalue weighted by molar-refractivity contribution is 0.597. The van der Waals surface area contributed by atoms with Crippen molar-refractivity contribution in [1.29, 1.82) is 0 Å². The van der Waals surface area contributed by atoms with Gasteiger partial charge in [0.05, 0.1) is 5.75 Å². The molecule has 0 atom stereocenters. The maximum atomic E-state index is 10.9. The Morgan fingerprint density at radius 3 is 2.29 bits per heavy atom. The van der Waals surface area contributed by atoms with Crippen LogP contribution in [-0.2, 0) is 9.84 Å². The van der Waals surface area contributed by atoms with E-state index in [0.717, 1.165) is 12.5 Å². The normalized spacial score (nSPS) is 12.2. The number of aliphatic imine (C=N–C) groups is 1. The highest BCUT2D eigenvalue weighted by Gasteiger charge is 2.02. The zero-order chi connectivity index (χ0) is 12.6. The van der Waals surface area contributed by atoms with Crippen LogP contribution < -0.4 is 10.6 Å². The Hall–Kier alpha value is -0.0500. The first-order valence-electron chi connectivity index (χ1n) is 5.47. The van der Waals surface area contributed by atoms with E-state index in [0.29, 0.717) is 18.9 Å². The van der Waals surface area contributed by atoms with Crippen LogP contribution >= 0.6 is 24.0 Å². The van der Waals surface area contributed by atoms with Crippen molar-refractivity contribution in [1.82, 2.24) is 10.6 Å². The summed E-state index contributed by atoms with van der Waals surface area (Å²) in [6, 6.07) is 0. The quantitative estimate of drug-likeness (QED) is 0.312.